The summed E-state index contributed by atoms with van der Waals surface area (Å²) in [7, 11) is 0. The topological polar surface area (TPSA) is 87.7 Å². The first kappa shape index (κ1) is 18.2. The van der Waals surface area contributed by atoms with E-state index < -0.39 is 0 Å². The van der Waals surface area contributed by atoms with Gasteiger partial charge in [-0.1, -0.05) is 12.8 Å². The van der Waals surface area contributed by atoms with Crippen molar-refractivity contribution in [3.63, 3.8) is 0 Å². The molecule has 0 aromatic heterocycles. The Labute approximate surface area is 153 Å². The van der Waals surface area contributed by atoms with E-state index in [1.807, 2.05) is 4.90 Å². The molecular formula is C19H25N3O4. The highest BCUT2D eigenvalue weighted by Gasteiger charge is 2.36. The molecule has 0 radical (unpaired) electrons. The predicted molar refractivity (Wildman–Crippen MR) is 96.9 cm³/mol. The van der Waals surface area contributed by atoms with Crippen molar-refractivity contribution in [1.29, 1.82) is 0 Å². The van der Waals surface area contributed by atoms with E-state index in [9.17, 15) is 14.4 Å². The molecule has 3 amide bonds. The molecular weight excluding hydrogens is 334 g/mol. The number of ether oxygens (including phenoxy) is 1. The third-order valence-corrected chi connectivity index (χ3v) is 4.91. The van der Waals surface area contributed by atoms with Crippen molar-refractivity contribution in [2.75, 3.05) is 18.5 Å². The molecule has 1 saturated heterocycles. The van der Waals surface area contributed by atoms with Crippen LogP contribution in [0.15, 0.2) is 24.3 Å². The molecule has 7 heteroatoms. The van der Waals surface area contributed by atoms with Crippen LogP contribution in [0.4, 0.5) is 10.5 Å². The van der Waals surface area contributed by atoms with Crippen LogP contribution < -0.4 is 10.6 Å². The molecule has 2 aliphatic rings. The zero-order valence-corrected chi connectivity index (χ0v) is 15.0. The van der Waals surface area contributed by atoms with Crippen molar-refractivity contribution >= 4 is 23.6 Å². The Bertz CT molecular complexity index is 668. The first-order valence-corrected chi connectivity index (χ1v) is 9.21. The van der Waals surface area contributed by atoms with Gasteiger partial charge < -0.3 is 20.3 Å². The van der Waals surface area contributed by atoms with Gasteiger partial charge in [0, 0.05) is 24.7 Å². The average Bonchev–Trinajstić information content (AvgIpc) is 3.25. The minimum absolute atomic E-state index is 0.126. The highest BCUT2D eigenvalue weighted by atomic mass is 16.5. The number of anilines is 1. The molecule has 0 unspecified atom stereocenters. The van der Waals surface area contributed by atoms with Crippen molar-refractivity contribution in [2.45, 2.75) is 51.1 Å². The average molecular weight is 359 g/mol. The van der Waals surface area contributed by atoms with Gasteiger partial charge in [0.25, 0.3) is 0 Å². The number of hydrogen-bond donors (Lipinski definition) is 2. The summed E-state index contributed by atoms with van der Waals surface area (Å²) in [6, 6.07) is 6.34. The third-order valence-electron chi connectivity index (χ3n) is 4.91. The molecule has 2 fully saturated rings. The Kier molecular flexibility index (Phi) is 5.75. The van der Waals surface area contributed by atoms with E-state index in [1.165, 1.54) is 12.8 Å². The largest absolute Gasteiger partial charge is 0.462 e. The Morgan fingerprint density at radius 3 is 2.54 bits per heavy atom. The Balaban J connectivity index is 1.49. The highest BCUT2D eigenvalue weighted by molar-refractivity contribution is 5.93. The van der Waals surface area contributed by atoms with Crippen LogP contribution in [0.1, 0.15) is 49.4 Å². The van der Waals surface area contributed by atoms with Crippen LogP contribution >= 0.6 is 0 Å². The molecule has 1 aliphatic heterocycles. The van der Waals surface area contributed by atoms with Crippen molar-refractivity contribution in [3.8, 4) is 0 Å². The number of urea groups is 1. The molecule has 2 N–H and O–H groups in total. The number of rotatable bonds is 5. The standard InChI is InChI=1S/C19H25N3O4/c1-2-26-18(24)13-7-9-14(10-8-13)20-19(25)21-15-11-17(23)22(12-15)16-5-3-4-6-16/h7-10,15-16H,2-6,11-12H2,1H3,(H2,20,21,25)/t15-/m1/s1. The molecule has 1 aliphatic carbocycles. The zero-order chi connectivity index (χ0) is 18.5. The first-order valence-electron chi connectivity index (χ1n) is 9.21. The van der Waals surface area contributed by atoms with Crippen molar-refractivity contribution < 1.29 is 19.1 Å². The molecule has 1 saturated carbocycles. The fourth-order valence-corrected chi connectivity index (χ4v) is 3.65. The van der Waals surface area contributed by atoms with Gasteiger partial charge in [-0.25, -0.2) is 9.59 Å². The number of benzene rings is 1. The summed E-state index contributed by atoms with van der Waals surface area (Å²) in [6.45, 7) is 2.65. The maximum absolute atomic E-state index is 12.2. The van der Waals surface area contributed by atoms with Gasteiger partial charge >= 0.3 is 12.0 Å². The van der Waals surface area contributed by atoms with Crippen molar-refractivity contribution in [3.05, 3.63) is 29.8 Å². The van der Waals surface area contributed by atoms with Gasteiger partial charge in [-0.15, -0.1) is 0 Å². The van der Waals surface area contributed by atoms with E-state index in [-0.39, 0.29) is 23.9 Å². The molecule has 26 heavy (non-hydrogen) atoms. The van der Waals surface area contributed by atoms with Gasteiger partial charge in [0.05, 0.1) is 18.2 Å². The molecule has 7 nitrogen and oxygen atoms in total. The summed E-state index contributed by atoms with van der Waals surface area (Å²) < 4.78 is 4.92. The lowest BCUT2D eigenvalue weighted by Crippen LogP contribution is -2.41. The second-order valence-electron chi connectivity index (χ2n) is 6.78. The molecule has 1 aromatic rings. The molecule has 3 rings (SSSR count). The number of hydrogen-bond acceptors (Lipinski definition) is 4. The van der Waals surface area contributed by atoms with Gasteiger partial charge in [-0.3, -0.25) is 4.79 Å². The lowest BCUT2D eigenvalue weighted by molar-refractivity contribution is -0.129. The van der Waals surface area contributed by atoms with Gasteiger partial charge in [0.1, 0.15) is 0 Å². The quantitative estimate of drug-likeness (QED) is 0.791. The molecule has 1 aromatic carbocycles. The first-order chi connectivity index (χ1) is 12.6. The fourth-order valence-electron chi connectivity index (χ4n) is 3.65. The second-order valence-corrected chi connectivity index (χ2v) is 6.78. The van der Waals surface area contributed by atoms with Gasteiger partial charge in [0.15, 0.2) is 0 Å². The highest BCUT2D eigenvalue weighted by Crippen LogP contribution is 2.27. The number of carbonyl (C=O) groups is 3. The van der Waals surface area contributed by atoms with E-state index >= 15 is 0 Å². The number of likely N-dealkylation sites (tertiary alicyclic amines) is 1. The number of nitrogens with zero attached hydrogens (tertiary/aromatic N) is 1. The van der Waals surface area contributed by atoms with Gasteiger partial charge in [-0.05, 0) is 44.0 Å². The van der Waals surface area contributed by atoms with Crippen LogP contribution in [0.3, 0.4) is 0 Å². The molecule has 0 spiro atoms. The second kappa shape index (κ2) is 8.21. The van der Waals surface area contributed by atoms with Crippen LogP contribution in [-0.2, 0) is 9.53 Å². The van der Waals surface area contributed by atoms with E-state index in [4.69, 9.17) is 4.74 Å². The summed E-state index contributed by atoms with van der Waals surface area (Å²) in [6.07, 6.45) is 4.84. The maximum atomic E-state index is 12.2. The zero-order valence-electron chi connectivity index (χ0n) is 15.0. The lowest BCUT2D eigenvalue weighted by atomic mass is 10.2. The summed E-state index contributed by atoms with van der Waals surface area (Å²) >= 11 is 0. The third kappa shape index (κ3) is 4.33. The number of amides is 3. The Hall–Kier alpha value is -2.57. The summed E-state index contributed by atoms with van der Waals surface area (Å²) in [5, 5.41) is 5.60. The summed E-state index contributed by atoms with van der Waals surface area (Å²) in [5.74, 6) is -0.263. The number of esters is 1. The smallest absolute Gasteiger partial charge is 0.338 e. The molecule has 1 atom stereocenters. The van der Waals surface area contributed by atoms with Crippen molar-refractivity contribution in [2.24, 2.45) is 0 Å². The SMILES string of the molecule is CCOC(=O)c1ccc(NC(=O)N[C@@H]2CC(=O)N(C3CCCC3)C2)cc1. The summed E-state index contributed by atoms with van der Waals surface area (Å²) in [4.78, 5) is 37.9. The van der Waals surface area contributed by atoms with Gasteiger partial charge in [0.2, 0.25) is 5.91 Å². The maximum Gasteiger partial charge on any atom is 0.338 e. The van der Waals surface area contributed by atoms with E-state index in [1.54, 1.807) is 31.2 Å². The Morgan fingerprint density at radius 2 is 1.88 bits per heavy atom. The van der Waals surface area contributed by atoms with Crippen LogP contribution in [0.2, 0.25) is 0 Å². The van der Waals surface area contributed by atoms with Crippen LogP contribution in [0.5, 0.6) is 0 Å². The number of nitrogens with one attached hydrogen (secondary N) is 2. The number of carbonyl (C=O) groups excluding carboxylic acids is 3. The molecule has 140 valence electrons. The minimum atomic E-state index is -0.389. The van der Waals surface area contributed by atoms with E-state index in [0.29, 0.717) is 36.9 Å². The fraction of sp³-hybridized carbons (Fsp3) is 0.526. The van der Waals surface area contributed by atoms with Crippen LogP contribution in [0.25, 0.3) is 0 Å². The van der Waals surface area contributed by atoms with Crippen LogP contribution in [0, 0.1) is 0 Å². The van der Waals surface area contributed by atoms with Gasteiger partial charge in [-0.2, -0.15) is 0 Å². The van der Waals surface area contributed by atoms with Crippen LogP contribution in [-0.4, -0.2) is 48.0 Å². The van der Waals surface area contributed by atoms with E-state index in [0.717, 1.165) is 12.8 Å². The predicted octanol–water partition coefficient (Wildman–Crippen LogP) is 2.53. The monoisotopic (exact) mass is 359 g/mol. The lowest BCUT2D eigenvalue weighted by Gasteiger charge is -2.24. The van der Waals surface area contributed by atoms with Crippen molar-refractivity contribution in [1.82, 2.24) is 10.2 Å². The van der Waals surface area contributed by atoms with E-state index in [2.05, 4.69) is 10.6 Å². The summed E-state index contributed by atoms with van der Waals surface area (Å²) in [5.41, 5.74) is 1.01. The minimum Gasteiger partial charge on any atom is -0.462 e. The normalized spacial score (nSPS) is 20.3. The molecule has 1 heterocycles. The Morgan fingerprint density at radius 1 is 1.19 bits per heavy atom. The molecule has 0 bridgehead atoms.